The SMILES string of the molecule is Cc1cc2nc(CN(C)CC(=O)O)n(CC#N)c2cc1C. The van der Waals surface area contributed by atoms with Crippen LogP contribution >= 0.6 is 0 Å². The molecule has 21 heavy (non-hydrogen) atoms. The lowest BCUT2D eigenvalue weighted by Crippen LogP contribution is -2.26. The van der Waals surface area contributed by atoms with E-state index in [0.29, 0.717) is 12.4 Å². The van der Waals surface area contributed by atoms with Gasteiger partial charge in [-0.1, -0.05) is 0 Å². The molecule has 1 heterocycles. The summed E-state index contributed by atoms with van der Waals surface area (Å²) in [7, 11) is 1.72. The lowest BCUT2D eigenvalue weighted by atomic mass is 10.1. The summed E-state index contributed by atoms with van der Waals surface area (Å²) in [5, 5.41) is 17.8. The van der Waals surface area contributed by atoms with Crippen LogP contribution in [0.2, 0.25) is 0 Å². The summed E-state index contributed by atoms with van der Waals surface area (Å²) in [6.07, 6.45) is 0. The van der Waals surface area contributed by atoms with Gasteiger partial charge in [-0.3, -0.25) is 9.69 Å². The van der Waals surface area contributed by atoms with Gasteiger partial charge in [0.1, 0.15) is 12.4 Å². The summed E-state index contributed by atoms with van der Waals surface area (Å²) in [4.78, 5) is 17.0. The number of hydrogen-bond acceptors (Lipinski definition) is 4. The smallest absolute Gasteiger partial charge is 0.317 e. The molecule has 0 radical (unpaired) electrons. The highest BCUT2D eigenvalue weighted by molar-refractivity contribution is 5.78. The molecular weight excluding hydrogens is 268 g/mol. The van der Waals surface area contributed by atoms with Gasteiger partial charge in [-0.2, -0.15) is 5.26 Å². The van der Waals surface area contributed by atoms with Gasteiger partial charge in [-0.05, 0) is 44.2 Å². The second kappa shape index (κ2) is 5.94. The summed E-state index contributed by atoms with van der Waals surface area (Å²) >= 11 is 0. The number of hydrogen-bond donors (Lipinski definition) is 1. The van der Waals surface area contributed by atoms with Gasteiger partial charge in [0.2, 0.25) is 0 Å². The van der Waals surface area contributed by atoms with E-state index in [1.165, 1.54) is 0 Å². The Labute approximate surface area is 123 Å². The van der Waals surface area contributed by atoms with Gasteiger partial charge in [0, 0.05) is 0 Å². The van der Waals surface area contributed by atoms with Crippen LogP contribution in [0.1, 0.15) is 17.0 Å². The van der Waals surface area contributed by atoms with Crippen molar-refractivity contribution < 1.29 is 9.90 Å². The number of aromatic nitrogens is 2. The largest absolute Gasteiger partial charge is 0.480 e. The van der Waals surface area contributed by atoms with Crippen LogP contribution in [0.5, 0.6) is 0 Å². The zero-order valence-electron chi connectivity index (χ0n) is 12.4. The van der Waals surface area contributed by atoms with Crippen molar-refractivity contribution in [3.8, 4) is 6.07 Å². The number of aryl methyl sites for hydroxylation is 2. The molecule has 0 fully saturated rings. The van der Waals surface area contributed by atoms with Crippen LogP contribution in [-0.4, -0.2) is 39.1 Å². The molecule has 6 nitrogen and oxygen atoms in total. The first-order valence-electron chi connectivity index (χ1n) is 6.66. The minimum Gasteiger partial charge on any atom is -0.480 e. The summed E-state index contributed by atoms with van der Waals surface area (Å²) < 4.78 is 1.85. The van der Waals surface area contributed by atoms with E-state index in [-0.39, 0.29) is 13.1 Å². The highest BCUT2D eigenvalue weighted by Gasteiger charge is 2.14. The van der Waals surface area contributed by atoms with Crippen LogP contribution < -0.4 is 0 Å². The Bertz CT molecular complexity index is 727. The maximum Gasteiger partial charge on any atom is 0.317 e. The van der Waals surface area contributed by atoms with Crippen molar-refractivity contribution in [1.82, 2.24) is 14.5 Å². The molecular formula is C15H18N4O2. The lowest BCUT2D eigenvalue weighted by molar-refractivity contribution is -0.138. The molecule has 1 N–H and O–H groups in total. The van der Waals surface area contributed by atoms with E-state index in [1.54, 1.807) is 11.9 Å². The maximum atomic E-state index is 10.8. The van der Waals surface area contributed by atoms with Crippen LogP contribution in [0.3, 0.4) is 0 Å². The number of rotatable bonds is 5. The highest BCUT2D eigenvalue weighted by atomic mass is 16.4. The van der Waals surface area contributed by atoms with Gasteiger partial charge in [-0.25, -0.2) is 4.98 Å². The first kappa shape index (κ1) is 15.0. The van der Waals surface area contributed by atoms with Gasteiger partial charge in [0.25, 0.3) is 0 Å². The Hall–Kier alpha value is -2.39. The summed E-state index contributed by atoms with van der Waals surface area (Å²) in [6.45, 7) is 4.58. The molecule has 2 rings (SSSR count). The summed E-state index contributed by atoms with van der Waals surface area (Å²) in [5.74, 6) is -0.174. The first-order valence-corrected chi connectivity index (χ1v) is 6.66. The van der Waals surface area contributed by atoms with Crippen LogP contribution in [0.15, 0.2) is 12.1 Å². The number of aliphatic carboxylic acids is 1. The number of carboxylic acid groups (broad SMARTS) is 1. The number of nitrogens with zero attached hydrogens (tertiary/aromatic N) is 4. The third-order valence-electron chi connectivity index (χ3n) is 3.49. The summed E-state index contributed by atoms with van der Waals surface area (Å²) in [5.41, 5.74) is 4.05. The van der Waals surface area contributed by atoms with Gasteiger partial charge in [-0.15, -0.1) is 0 Å². The zero-order chi connectivity index (χ0) is 15.6. The van der Waals surface area contributed by atoms with E-state index in [9.17, 15) is 4.79 Å². The Morgan fingerprint density at radius 1 is 1.43 bits per heavy atom. The van der Waals surface area contributed by atoms with E-state index in [0.717, 1.165) is 22.2 Å². The first-order chi connectivity index (χ1) is 9.92. The fraction of sp³-hybridized carbons (Fsp3) is 0.400. The molecule has 2 aromatic rings. The monoisotopic (exact) mass is 286 g/mol. The number of imidazole rings is 1. The fourth-order valence-electron chi connectivity index (χ4n) is 2.33. The average molecular weight is 286 g/mol. The number of carbonyl (C=O) groups is 1. The van der Waals surface area contributed by atoms with Crippen molar-refractivity contribution in [1.29, 1.82) is 5.26 Å². The molecule has 0 spiro atoms. The fourth-order valence-corrected chi connectivity index (χ4v) is 2.33. The molecule has 0 bridgehead atoms. The van der Waals surface area contributed by atoms with Crippen molar-refractivity contribution >= 4 is 17.0 Å². The Morgan fingerprint density at radius 3 is 2.71 bits per heavy atom. The van der Waals surface area contributed by atoms with Crippen molar-refractivity contribution in [2.75, 3.05) is 13.6 Å². The Kier molecular flexibility index (Phi) is 4.24. The molecule has 110 valence electrons. The van der Waals surface area contributed by atoms with E-state index in [2.05, 4.69) is 11.1 Å². The van der Waals surface area contributed by atoms with Gasteiger partial charge >= 0.3 is 5.97 Å². The third kappa shape index (κ3) is 3.20. The maximum absolute atomic E-state index is 10.8. The van der Waals surface area contributed by atoms with Gasteiger partial charge < -0.3 is 9.67 Å². The minimum atomic E-state index is -0.882. The number of benzene rings is 1. The van der Waals surface area contributed by atoms with E-state index in [4.69, 9.17) is 10.4 Å². The number of likely N-dealkylation sites (N-methyl/N-ethyl adjacent to an activating group) is 1. The lowest BCUT2D eigenvalue weighted by Gasteiger charge is -2.14. The molecule has 0 saturated heterocycles. The van der Waals surface area contributed by atoms with E-state index >= 15 is 0 Å². The van der Waals surface area contributed by atoms with Gasteiger partial charge in [0.15, 0.2) is 0 Å². The Morgan fingerprint density at radius 2 is 2.10 bits per heavy atom. The van der Waals surface area contributed by atoms with Crippen LogP contribution in [0, 0.1) is 25.2 Å². The minimum absolute atomic E-state index is 0.0617. The predicted molar refractivity (Wildman–Crippen MR) is 78.8 cm³/mol. The molecule has 0 aliphatic rings. The number of fused-ring (bicyclic) bond motifs is 1. The number of nitriles is 1. The average Bonchev–Trinajstić information content (AvgIpc) is 2.67. The molecule has 6 heteroatoms. The van der Waals surface area contributed by atoms with Crippen molar-refractivity contribution in [2.45, 2.75) is 26.9 Å². The predicted octanol–water partition coefficient (Wildman–Crippen LogP) is 1.69. The van der Waals surface area contributed by atoms with Crippen molar-refractivity contribution in [3.05, 3.63) is 29.1 Å². The second-order valence-electron chi connectivity index (χ2n) is 5.26. The number of carboxylic acids is 1. The standard InChI is InChI=1S/C15H18N4O2/c1-10-6-12-13(7-11(10)2)19(5-4-16)14(17-12)8-18(3)9-15(20)21/h6-7H,5,8-9H2,1-3H3,(H,20,21). The Balaban J connectivity index is 2.45. The van der Waals surface area contributed by atoms with E-state index in [1.807, 2.05) is 30.5 Å². The molecule has 0 atom stereocenters. The topological polar surface area (TPSA) is 82.2 Å². The molecule has 0 unspecified atom stereocenters. The molecule has 0 saturated carbocycles. The van der Waals surface area contributed by atoms with Gasteiger partial charge in [0.05, 0.1) is 30.2 Å². The quantitative estimate of drug-likeness (QED) is 0.904. The van der Waals surface area contributed by atoms with Crippen LogP contribution in [0.25, 0.3) is 11.0 Å². The van der Waals surface area contributed by atoms with E-state index < -0.39 is 5.97 Å². The van der Waals surface area contributed by atoms with Crippen LogP contribution in [0.4, 0.5) is 0 Å². The second-order valence-corrected chi connectivity index (χ2v) is 5.26. The molecule has 0 amide bonds. The van der Waals surface area contributed by atoms with Crippen LogP contribution in [-0.2, 0) is 17.9 Å². The third-order valence-corrected chi connectivity index (χ3v) is 3.49. The highest BCUT2D eigenvalue weighted by Crippen LogP contribution is 2.21. The molecule has 0 aliphatic heterocycles. The molecule has 1 aromatic carbocycles. The normalized spacial score (nSPS) is 11.0. The molecule has 0 aliphatic carbocycles. The summed E-state index contributed by atoms with van der Waals surface area (Å²) in [6, 6.07) is 6.16. The molecule has 1 aromatic heterocycles. The van der Waals surface area contributed by atoms with Crippen molar-refractivity contribution in [3.63, 3.8) is 0 Å². The zero-order valence-corrected chi connectivity index (χ0v) is 12.4. The van der Waals surface area contributed by atoms with Crippen molar-refractivity contribution in [2.24, 2.45) is 0 Å².